The standard InChI is InChI=1S/C20H30O11/c1-8-4-5-10(11(6-8)27-3)30-20-18(26)16(24)14(22)12(31-20)7-28-19-17(25)15(23)13(21)9(2)29-19/h4-6,9,12-26H,7H2,1-3H3/t9-,12+,13-,14+,15+,16-,17+,18+,19+,20+/m0/s1/i3D3. The summed E-state index contributed by atoms with van der Waals surface area (Å²) in [6.45, 7) is 2.70. The van der Waals surface area contributed by atoms with E-state index in [-0.39, 0.29) is 11.5 Å². The molecule has 0 aromatic heterocycles. The van der Waals surface area contributed by atoms with Crippen LogP contribution in [0.4, 0.5) is 0 Å². The number of hydrogen-bond donors (Lipinski definition) is 6. The number of ether oxygens (including phenoxy) is 5. The number of aliphatic hydroxyl groups is 6. The van der Waals surface area contributed by atoms with Crippen LogP contribution in [-0.2, 0) is 14.2 Å². The Kier molecular flexibility index (Phi) is 6.44. The van der Waals surface area contributed by atoms with Crippen molar-refractivity contribution in [2.45, 2.75) is 75.3 Å². The Morgan fingerprint density at radius 1 is 0.871 bits per heavy atom. The highest BCUT2D eigenvalue weighted by Gasteiger charge is 2.47. The molecule has 1 aromatic carbocycles. The first-order valence-electron chi connectivity index (χ1n) is 11.3. The van der Waals surface area contributed by atoms with Gasteiger partial charge in [0, 0.05) is 0 Å². The molecule has 0 spiro atoms. The number of rotatable bonds is 6. The molecule has 11 nitrogen and oxygen atoms in total. The van der Waals surface area contributed by atoms with E-state index in [0.29, 0.717) is 5.56 Å². The van der Waals surface area contributed by atoms with Crippen molar-refractivity contribution in [1.82, 2.24) is 0 Å². The van der Waals surface area contributed by atoms with Crippen LogP contribution in [0.3, 0.4) is 0 Å². The zero-order valence-corrected chi connectivity index (χ0v) is 16.9. The van der Waals surface area contributed by atoms with Crippen molar-refractivity contribution in [3.05, 3.63) is 23.8 Å². The molecule has 10 atom stereocenters. The Balaban J connectivity index is 1.71. The molecule has 0 radical (unpaired) electrons. The van der Waals surface area contributed by atoms with E-state index in [9.17, 15) is 30.6 Å². The average Bonchev–Trinajstić information content (AvgIpc) is 2.75. The molecule has 31 heavy (non-hydrogen) atoms. The molecule has 0 saturated carbocycles. The second-order valence-corrected chi connectivity index (χ2v) is 7.70. The van der Waals surface area contributed by atoms with E-state index < -0.39 is 75.1 Å². The van der Waals surface area contributed by atoms with Crippen LogP contribution in [0.25, 0.3) is 0 Å². The number of methoxy groups -OCH3 is 1. The maximum atomic E-state index is 10.3. The normalized spacial score (nSPS) is 42.9. The summed E-state index contributed by atoms with van der Waals surface area (Å²) in [5, 5.41) is 60.7. The maximum absolute atomic E-state index is 10.3. The molecule has 2 aliphatic heterocycles. The number of aliphatic hydroxyl groups excluding tert-OH is 6. The third kappa shape index (κ3) is 5.11. The Hall–Kier alpha value is -1.54. The molecule has 0 bridgehead atoms. The molecular formula is C20H30O11. The molecule has 2 saturated heterocycles. The van der Waals surface area contributed by atoms with Crippen LogP contribution in [0, 0.1) is 6.92 Å². The van der Waals surface area contributed by atoms with Crippen molar-refractivity contribution in [3.63, 3.8) is 0 Å². The van der Waals surface area contributed by atoms with Gasteiger partial charge in [-0.3, -0.25) is 0 Å². The lowest BCUT2D eigenvalue weighted by atomic mass is 9.98. The van der Waals surface area contributed by atoms with Gasteiger partial charge in [0.2, 0.25) is 6.29 Å². The molecule has 176 valence electrons. The van der Waals surface area contributed by atoms with Gasteiger partial charge >= 0.3 is 0 Å². The molecule has 0 unspecified atom stereocenters. The second kappa shape index (κ2) is 9.94. The molecule has 3 rings (SSSR count). The molecule has 1 aromatic rings. The quantitative estimate of drug-likeness (QED) is 0.285. The fourth-order valence-electron chi connectivity index (χ4n) is 3.41. The van der Waals surface area contributed by atoms with E-state index in [1.54, 1.807) is 13.0 Å². The summed E-state index contributed by atoms with van der Waals surface area (Å²) in [6.07, 6.45) is -14.6. The van der Waals surface area contributed by atoms with Crippen LogP contribution >= 0.6 is 0 Å². The summed E-state index contributed by atoms with van der Waals surface area (Å²) in [5.74, 6) is -0.240. The van der Waals surface area contributed by atoms with Gasteiger partial charge in [-0.2, -0.15) is 0 Å². The van der Waals surface area contributed by atoms with E-state index >= 15 is 0 Å². The van der Waals surface area contributed by atoms with Crippen LogP contribution in [0.5, 0.6) is 11.5 Å². The predicted molar refractivity (Wildman–Crippen MR) is 103 cm³/mol. The van der Waals surface area contributed by atoms with Crippen LogP contribution in [-0.4, -0.2) is 106 Å². The summed E-state index contributed by atoms with van der Waals surface area (Å²) in [5.41, 5.74) is 0.672. The summed E-state index contributed by atoms with van der Waals surface area (Å²) >= 11 is 0. The first kappa shape index (κ1) is 20.1. The summed E-state index contributed by atoms with van der Waals surface area (Å²) in [4.78, 5) is 0. The van der Waals surface area contributed by atoms with E-state index in [0.717, 1.165) is 0 Å². The fraction of sp³-hybridized carbons (Fsp3) is 0.700. The summed E-state index contributed by atoms with van der Waals surface area (Å²) < 4.78 is 48.7. The highest BCUT2D eigenvalue weighted by molar-refractivity contribution is 5.42. The molecule has 0 aliphatic carbocycles. The van der Waals surface area contributed by atoms with Gasteiger partial charge < -0.3 is 54.3 Å². The van der Waals surface area contributed by atoms with Gasteiger partial charge in [-0.05, 0) is 31.5 Å². The van der Waals surface area contributed by atoms with Crippen LogP contribution in [0.2, 0.25) is 0 Å². The maximum Gasteiger partial charge on any atom is 0.229 e. The lowest BCUT2D eigenvalue weighted by molar-refractivity contribution is -0.318. The van der Waals surface area contributed by atoms with Crippen LogP contribution < -0.4 is 9.47 Å². The minimum Gasteiger partial charge on any atom is -0.493 e. The summed E-state index contributed by atoms with van der Waals surface area (Å²) in [6, 6.07) is 4.41. The lowest BCUT2D eigenvalue weighted by Crippen LogP contribution is -2.61. The molecule has 6 N–H and O–H groups in total. The monoisotopic (exact) mass is 449 g/mol. The van der Waals surface area contributed by atoms with Gasteiger partial charge in [0.1, 0.15) is 42.7 Å². The largest absolute Gasteiger partial charge is 0.493 e. The topological polar surface area (TPSA) is 168 Å². The van der Waals surface area contributed by atoms with Crippen molar-refractivity contribution < 1.29 is 58.4 Å². The van der Waals surface area contributed by atoms with Gasteiger partial charge in [0.05, 0.1) is 23.9 Å². The van der Waals surface area contributed by atoms with Crippen LogP contribution in [0.15, 0.2) is 18.2 Å². The van der Waals surface area contributed by atoms with Crippen molar-refractivity contribution in [2.24, 2.45) is 0 Å². The zero-order chi connectivity index (χ0) is 25.4. The number of benzene rings is 1. The van der Waals surface area contributed by atoms with Crippen molar-refractivity contribution >= 4 is 0 Å². The summed E-state index contributed by atoms with van der Waals surface area (Å²) in [7, 11) is -2.78. The van der Waals surface area contributed by atoms with Gasteiger partial charge in [-0.1, -0.05) is 6.07 Å². The van der Waals surface area contributed by atoms with Crippen molar-refractivity contribution in [3.8, 4) is 11.5 Å². The number of aryl methyl sites for hydroxylation is 1. The average molecular weight is 449 g/mol. The Bertz CT molecular complexity index is 825. The second-order valence-electron chi connectivity index (χ2n) is 7.70. The Labute approximate surface area is 183 Å². The van der Waals surface area contributed by atoms with E-state index in [2.05, 4.69) is 0 Å². The molecule has 11 heteroatoms. The van der Waals surface area contributed by atoms with Gasteiger partial charge in [-0.25, -0.2) is 0 Å². The van der Waals surface area contributed by atoms with Crippen molar-refractivity contribution in [2.75, 3.05) is 13.6 Å². The smallest absolute Gasteiger partial charge is 0.229 e. The fourth-order valence-corrected chi connectivity index (χ4v) is 3.41. The first-order chi connectivity index (χ1) is 15.8. The highest BCUT2D eigenvalue weighted by Crippen LogP contribution is 2.32. The highest BCUT2D eigenvalue weighted by atomic mass is 16.7. The Morgan fingerprint density at radius 3 is 2.26 bits per heavy atom. The minimum absolute atomic E-state index is 0.0917. The van der Waals surface area contributed by atoms with Crippen molar-refractivity contribution in [1.29, 1.82) is 0 Å². The SMILES string of the molecule is [2H]C([2H])([2H])Oc1cc(C)ccc1O[C@@H]1O[C@H](CO[C@@H]2O[C@@H](C)[C@H](O)[C@@H](O)[C@H]2O)[C@@H](O)[C@H](O)[C@H]1O. The molecule has 2 fully saturated rings. The van der Waals surface area contributed by atoms with Gasteiger partial charge in [0.25, 0.3) is 0 Å². The first-order valence-corrected chi connectivity index (χ1v) is 9.75. The molecule has 2 heterocycles. The van der Waals surface area contributed by atoms with E-state index in [4.69, 9.17) is 27.8 Å². The van der Waals surface area contributed by atoms with Crippen LogP contribution in [0.1, 0.15) is 16.6 Å². The van der Waals surface area contributed by atoms with Gasteiger partial charge in [0.15, 0.2) is 17.8 Å². The third-order valence-corrected chi connectivity index (χ3v) is 5.35. The molecule has 0 amide bonds. The van der Waals surface area contributed by atoms with E-state index in [1.807, 2.05) is 0 Å². The third-order valence-electron chi connectivity index (χ3n) is 5.35. The number of hydrogen-bond acceptors (Lipinski definition) is 11. The minimum atomic E-state index is -2.78. The Morgan fingerprint density at radius 2 is 1.55 bits per heavy atom. The van der Waals surface area contributed by atoms with E-state index in [1.165, 1.54) is 19.1 Å². The molecule has 2 aliphatic rings. The zero-order valence-electron chi connectivity index (χ0n) is 19.9. The lowest BCUT2D eigenvalue weighted by Gasteiger charge is -2.42. The molecular weight excluding hydrogens is 416 g/mol. The predicted octanol–water partition coefficient (Wildman–Crippen LogP) is -1.97. The van der Waals surface area contributed by atoms with Gasteiger partial charge in [-0.15, -0.1) is 0 Å².